The number of carbonyl (C=O) groups excluding carboxylic acids is 1. The predicted molar refractivity (Wildman–Crippen MR) is 110 cm³/mol. The Morgan fingerprint density at radius 2 is 1.91 bits per heavy atom. The molecule has 3 aromatic heterocycles. The summed E-state index contributed by atoms with van der Waals surface area (Å²) in [5.74, 6) is -1.06. The van der Waals surface area contributed by atoms with Crippen molar-refractivity contribution < 1.29 is 42.7 Å². The van der Waals surface area contributed by atoms with Gasteiger partial charge < -0.3 is 15.4 Å². The zero-order valence-corrected chi connectivity index (χ0v) is 17.8. The summed E-state index contributed by atoms with van der Waals surface area (Å²) in [5, 5.41) is 15.3. The number of pyridine rings is 1. The first-order valence-electron chi connectivity index (χ1n) is 11.9. The molecule has 0 bridgehead atoms. The van der Waals surface area contributed by atoms with Gasteiger partial charge in [0, 0.05) is 29.1 Å². The first-order chi connectivity index (χ1) is 18.2. The minimum atomic E-state index is -5.06. The van der Waals surface area contributed by atoms with E-state index in [0.717, 1.165) is 10.9 Å². The fourth-order valence-corrected chi connectivity index (χ4v) is 2.94. The highest BCUT2D eigenvalue weighted by Gasteiger charge is 2.38. The number of halogens is 6. The van der Waals surface area contributed by atoms with E-state index in [1.165, 1.54) is 20.0 Å². The van der Waals surface area contributed by atoms with E-state index in [1.54, 1.807) is 0 Å². The number of ether oxygens (including phenoxy) is 1. The number of hydrogen-bond donors (Lipinski definition) is 2. The quantitative estimate of drug-likeness (QED) is 0.480. The van der Waals surface area contributed by atoms with Crippen LogP contribution in [0.3, 0.4) is 0 Å². The Morgan fingerprint density at radius 1 is 1.17 bits per heavy atom. The van der Waals surface area contributed by atoms with Gasteiger partial charge in [-0.1, -0.05) is 0 Å². The lowest BCUT2D eigenvalue weighted by atomic mass is 10.1. The molecule has 0 saturated carbocycles. The summed E-state index contributed by atoms with van der Waals surface area (Å²) < 4.78 is 121. The van der Waals surface area contributed by atoms with Crippen LogP contribution >= 0.6 is 0 Å². The smallest absolute Gasteiger partial charge is 0.435 e. The number of nitrogens with one attached hydrogen (secondary N) is 2. The topological polar surface area (TPSA) is 107 Å². The van der Waals surface area contributed by atoms with Gasteiger partial charge in [-0.2, -0.15) is 36.5 Å². The second-order valence-corrected chi connectivity index (χ2v) is 7.02. The van der Waals surface area contributed by atoms with Crippen LogP contribution in [0.4, 0.5) is 36.8 Å². The van der Waals surface area contributed by atoms with E-state index in [9.17, 15) is 31.1 Å². The second kappa shape index (κ2) is 9.76. The van der Waals surface area contributed by atoms with Crippen LogP contribution in [-0.2, 0) is 25.9 Å². The summed E-state index contributed by atoms with van der Waals surface area (Å²) in [5.41, 5.74) is -3.39. The Balaban J connectivity index is 1.76. The molecular formula is C20H19F6N7O2. The van der Waals surface area contributed by atoms with Gasteiger partial charge in [-0.25, -0.2) is 9.78 Å². The highest BCUT2D eigenvalue weighted by molar-refractivity contribution is 5.89. The molecule has 188 valence electrons. The van der Waals surface area contributed by atoms with E-state index in [0.29, 0.717) is 12.1 Å². The van der Waals surface area contributed by atoms with Crippen LogP contribution in [-0.4, -0.2) is 37.6 Å². The number of amides is 2. The summed E-state index contributed by atoms with van der Waals surface area (Å²) >= 11 is 0. The van der Waals surface area contributed by atoms with Crippen molar-refractivity contribution >= 4 is 11.7 Å². The van der Waals surface area contributed by atoms with Crippen molar-refractivity contribution in [3.8, 4) is 17.1 Å². The van der Waals surface area contributed by atoms with Crippen molar-refractivity contribution in [2.75, 3.05) is 11.9 Å². The number of hydrogen-bond acceptors (Lipinski definition) is 6. The minimum Gasteiger partial charge on any atom is -0.478 e. The summed E-state index contributed by atoms with van der Waals surface area (Å²) in [6.45, 7) is -5.66. The van der Waals surface area contributed by atoms with Gasteiger partial charge in [0.25, 0.3) is 0 Å². The zero-order chi connectivity index (χ0) is 30.3. The van der Waals surface area contributed by atoms with E-state index in [4.69, 9.17) is 6.85 Å². The summed E-state index contributed by atoms with van der Waals surface area (Å²) in [7, 11) is 1.30. The first kappa shape index (κ1) is 19.4. The summed E-state index contributed by atoms with van der Waals surface area (Å²) in [4.78, 5) is 15.4. The molecule has 0 unspecified atom stereocenters. The zero-order valence-electron chi connectivity index (χ0n) is 22.8. The molecule has 0 saturated heterocycles. The molecule has 35 heavy (non-hydrogen) atoms. The molecular weight excluding hydrogens is 484 g/mol. The second-order valence-electron chi connectivity index (χ2n) is 7.02. The Morgan fingerprint density at radius 3 is 2.54 bits per heavy atom. The summed E-state index contributed by atoms with van der Waals surface area (Å²) in [6, 6.07) is 1.36. The van der Waals surface area contributed by atoms with Crippen LogP contribution < -0.4 is 15.4 Å². The molecule has 0 spiro atoms. The standard InChI is InChI=1S/C20H19F6N7O2/c1-4-35-15-7-11(6-14(29-15)19(21,22)23)28-18(34)27-8-12-5-10(2)16(31-30-12)13-9-33(3)32-17(13)20(24,25)26/h5-7,9H,4,8H2,1-3H3,(H2,27,28,29,34)/i1D3,4D2. The van der Waals surface area contributed by atoms with Crippen molar-refractivity contribution in [3.05, 3.63) is 47.0 Å². The molecule has 15 heteroatoms. The lowest BCUT2D eigenvalue weighted by Crippen LogP contribution is -2.29. The Bertz CT molecular complexity index is 1410. The fourth-order valence-electron chi connectivity index (χ4n) is 2.94. The van der Waals surface area contributed by atoms with Gasteiger partial charge in [-0.15, -0.1) is 5.10 Å². The van der Waals surface area contributed by atoms with Gasteiger partial charge in [-0.3, -0.25) is 4.68 Å². The highest BCUT2D eigenvalue weighted by Crippen LogP contribution is 2.36. The number of aryl methyl sites for hydroxylation is 2. The molecule has 0 fully saturated rings. The maximum absolute atomic E-state index is 13.3. The molecule has 3 heterocycles. The molecule has 9 nitrogen and oxygen atoms in total. The predicted octanol–water partition coefficient (Wildman–Crippen LogP) is 4.34. The number of alkyl halides is 6. The largest absolute Gasteiger partial charge is 0.478 e. The van der Waals surface area contributed by atoms with E-state index < -0.39 is 54.7 Å². The first-order valence-corrected chi connectivity index (χ1v) is 9.45. The SMILES string of the molecule is [2H]C([2H])([2H])C([2H])([2H])Oc1cc(NC(=O)NCc2cc(C)c(-c3cn(C)nc3C(F)(F)F)nn2)cc(C(F)(F)F)n1. The lowest BCUT2D eigenvalue weighted by molar-refractivity contribution is -0.142. The van der Waals surface area contributed by atoms with E-state index in [2.05, 4.69) is 35.7 Å². The van der Waals surface area contributed by atoms with Crippen LogP contribution in [0.1, 0.15) is 36.4 Å². The van der Waals surface area contributed by atoms with Crippen molar-refractivity contribution in [3.63, 3.8) is 0 Å². The molecule has 0 aliphatic heterocycles. The number of anilines is 1. The average molecular weight is 508 g/mol. The van der Waals surface area contributed by atoms with Crippen molar-refractivity contribution in [1.29, 1.82) is 0 Å². The molecule has 3 aromatic rings. The maximum atomic E-state index is 13.3. The van der Waals surface area contributed by atoms with Crippen LogP contribution in [0.15, 0.2) is 24.4 Å². The molecule has 2 N–H and O–H groups in total. The monoisotopic (exact) mass is 508 g/mol. The van der Waals surface area contributed by atoms with E-state index >= 15 is 0 Å². The normalized spacial score (nSPS) is 14.8. The van der Waals surface area contributed by atoms with Crippen molar-refractivity contribution in [2.24, 2.45) is 7.05 Å². The van der Waals surface area contributed by atoms with Gasteiger partial charge in [0.15, 0.2) is 11.4 Å². The Labute approximate surface area is 201 Å². The molecule has 0 radical (unpaired) electrons. The van der Waals surface area contributed by atoms with Crippen molar-refractivity contribution in [1.82, 2.24) is 30.3 Å². The average Bonchev–Trinajstić information content (AvgIpc) is 3.18. The highest BCUT2D eigenvalue weighted by atomic mass is 19.4. The van der Waals surface area contributed by atoms with Gasteiger partial charge in [0.2, 0.25) is 5.88 Å². The molecule has 2 amide bonds. The summed E-state index contributed by atoms with van der Waals surface area (Å²) in [6.07, 6.45) is -8.69. The van der Waals surface area contributed by atoms with Crippen LogP contribution in [0, 0.1) is 6.92 Å². The number of carbonyl (C=O) groups is 1. The number of nitrogens with zero attached hydrogens (tertiary/aromatic N) is 5. The molecule has 0 aromatic carbocycles. The molecule has 3 rings (SSSR count). The third-order valence-corrected chi connectivity index (χ3v) is 4.32. The molecule has 0 aliphatic carbocycles. The Kier molecular flexibility index (Phi) is 5.41. The van der Waals surface area contributed by atoms with Crippen LogP contribution in [0.25, 0.3) is 11.3 Å². The maximum Gasteiger partial charge on any atom is 0.435 e. The third kappa shape index (κ3) is 6.36. The number of rotatable bonds is 6. The van der Waals surface area contributed by atoms with Gasteiger partial charge in [0.1, 0.15) is 0 Å². The van der Waals surface area contributed by atoms with Gasteiger partial charge in [-0.05, 0) is 31.5 Å². The number of urea groups is 1. The fraction of sp³-hybridized carbons (Fsp3) is 0.350. The lowest BCUT2D eigenvalue weighted by Gasteiger charge is -2.13. The molecule has 0 aliphatic rings. The van der Waals surface area contributed by atoms with Gasteiger partial charge >= 0.3 is 18.4 Å². The molecule has 0 atom stereocenters. The third-order valence-electron chi connectivity index (χ3n) is 4.32. The van der Waals surface area contributed by atoms with E-state index in [1.807, 2.05) is 0 Å². The van der Waals surface area contributed by atoms with Crippen molar-refractivity contribution in [2.45, 2.75) is 32.7 Å². The van der Waals surface area contributed by atoms with Crippen LogP contribution in [0.2, 0.25) is 0 Å². The van der Waals surface area contributed by atoms with Crippen LogP contribution in [0.5, 0.6) is 5.88 Å². The van der Waals surface area contributed by atoms with E-state index in [-0.39, 0.29) is 29.1 Å². The Hall–Kier alpha value is -3.91. The number of aromatic nitrogens is 5. The minimum absolute atomic E-state index is 0.0921. The van der Waals surface area contributed by atoms with Gasteiger partial charge in [0.05, 0.1) is 32.8 Å².